The number of hydrogen-bond donors (Lipinski definition) is 1. The molecule has 1 fully saturated rings. The van der Waals surface area contributed by atoms with Crippen molar-refractivity contribution < 1.29 is 4.74 Å². The van der Waals surface area contributed by atoms with Crippen molar-refractivity contribution in [2.45, 2.75) is 44.9 Å². The summed E-state index contributed by atoms with van der Waals surface area (Å²) in [5.74, 6) is 0. The van der Waals surface area contributed by atoms with E-state index in [-0.39, 0.29) is 0 Å². The summed E-state index contributed by atoms with van der Waals surface area (Å²) in [4.78, 5) is 1.32. The molecule has 1 aromatic rings. The molecule has 1 aliphatic rings. The van der Waals surface area contributed by atoms with E-state index >= 15 is 0 Å². The van der Waals surface area contributed by atoms with Crippen molar-refractivity contribution in [1.29, 1.82) is 0 Å². The topological polar surface area (TPSA) is 21.3 Å². The zero-order valence-electron chi connectivity index (χ0n) is 9.24. The molecular weight excluding hydrogens is 206 g/mol. The van der Waals surface area contributed by atoms with Crippen LogP contribution in [0.2, 0.25) is 0 Å². The lowest BCUT2D eigenvalue weighted by molar-refractivity contribution is 0.0493. The molecule has 15 heavy (non-hydrogen) atoms. The molecule has 1 atom stereocenters. The Labute approximate surface area is 95.6 Å². The highest BCUT2D eigenvalue weighted by Gasteiger charge is 2.19. The molecule has 0 amide bonds. The molecule has 0 radical (unpaired) electrons. The van der Waals surface area contributed by atoms with E-state index in [1.807, 2.05) is 0 Å². The normalized spacial score (nSPS) is 17.9. The summed E-state index contributed by atoms with van der Waals surface area (Å²) in [5.41, 5.74) is 0. The number of rotatable bonds is 7. The molecule has 2 rings (SSSR count). The number of ether oxygens (including phenoxy) is 1. The Morgan fingerprint density at radius 3 is 3.13 bits per heavy atom. The lowest BCUT2D eigenvalue weighted by Gasteiger charge is -2.12. The van der Waals surface area contributed by atoms with Crippen molar-refractivity contribution in [2.24, 2.45) is 0 Å². The highest BCUT2D eigenvalue weighted by Crippen LogP contribution is 2.18. The van der Waals surface area contributed by atoms with Crippen LogP contribution in [0.3, 0.4) is 0 Å². The van der Waals surface area contributed by atoms with Crippen LogP contribution in [0.15, 0.2) is 17.5 Å². The van der Waals surface area contributed by atoms with Crippen molar-refractivity contribution in [3.8, 4) is 0 Å². The molecule has 0 aromatic carbocycles. The van der Waals surface area contributed by atoms with Crippen molar-refractivity contribution in [3.63, 3.8) is 0 Å². The predicted octanol–water partition coefficient (Wildman–Crippen LogP) is 2.80. The molecular formula is C12H19NOS. The quantitative estimate of drug-likeness (QED) is 0.770. The maximum Gasteiger partial charge on any atom is 0.0812 e. The Balaban J connectivity index is 1.53. The average molecular weight is 225 g/mol. The van der Waals surface area contributed by atoms with Crippen LogP contribution < -0.4 is 5.32 Å². The SMILES string of the molecule is CC(CCNC1CC1)OCc1cccs1. The fourth-order valence-electron chi connectivity index (χ4n) is 1.48. The first kappa shape index (κ1) is 11.1. The Hall–Kier alpha value is -0.380. The predicted molar refractivity (Wildman–Crippen MR) is 64.2 cm³/mol. The van der Waals surface area contributed by atoms with E-state index in [9.17, 15) is 0 Å². The minimum atomic E-state index is 0.360. The largest absolute Gasteiger partial charge is 0.373 e. The molecule has 0 saturated heterocycles. The maximum atomic E-state index is 5.76. The van der Waals surface area contributed by atoms with Gasteiger partial charge in [0.05, 0.1) is 12.7 Å². The fourth-order valence-corrected chi connectivity index (χ4v) is 2.11. The molecule has 1 N–H and O–H groups in total. The second-order valence-corrected chi connectivity index (χ2v) is 5.25. The molecule has 84 valence electrons. The number of hydrogen-bond acceptors (Lipinski definition) is 3. The molecule has 0 bridgehead atoms. The van der Waals surface area contributed by atoms with E-state index in [4.69, 9.17) is 4.74 Å². The summed E-state index contributed by atoms with van der Waals surface area (Å²) in [5, 5.41) is 5.60. The van der Waals surface area contributed by atoms with Crippen LogP contribution in [0, 0.1) is 0 Å². The Kier molecular flexibility index (Phi) is 4.18. The summed E-state index contributed by atoms with van der Waals surface area (Å²) < 4.78 is 5.76. The molecule has 1 aromatic heterocycles. The highest BCUT2D eigenvalue weighted by molar-refractivity contribution is 7.09. The van der Waals surface area contributed by atoms with Crippen molar-refractivity contribution in [1.82, 2.24) is 5.32 Å². The third-order valence-electron chi connectivity index (χ3n) is 2.65. The van der Waals surface area contributed by atoms with Crippen LogP contribution in [0.25, 0.3) is 0 Å². The molecule has 1 unspecified atom stereocenters. The van der Waals surface area contributed by atoms with Crippen LogP contribution in [0.5, 0.6) is 0 Å². The van der Waals surface area contributed by atoms with Gasteiger partial charge in [-0.15, -0.1) is 11.3 Å². The van der Waals surface area contributed by atoms with E-state index in [0.717, 1.165) is 25.6 Å². The van der Waals surface area contributed by atoms with E-state index in [2.05, 4.69) is 29.8 Å². The van der Waals surface area contributed by atoms with Crippen molar-refractivity contribution >= 4 is 11.3 Å². The Morgan fingerprint density at radius 2 is 2.47 bits per heavy atom. The van der Waals surface area contributed by atoms with E-state index < -0.39 is 0 Å². The van der Waals surface area contributed by atoms with Crippen LogP contribution in [-0.2, 0) is 11.3 Å². The van der Waals surface area contributed by atoms with Crippen LogP contribution in [0.1, 0.15) is 31.1 Å². The summed E-state index contributed by atoms with van der Waals surface area (Å²) in [6, 6.07) is 5.01. The smallest absolute Gasteiger partial charge is 0.0812 e. The monoisotopic (exact) mass is 225 g/mol. The molecule has 1 saturated carbocycles. The first-order valence-corrected chi connectivity index (χ1v) is 6.60. The summed E-state index contributed by atoms with van der Waals surface area (Å²) in [7, 11) is 0. The van der Waals surface area contributed by atoms with Gasteiger partial charge in [-0.05, 0) is 44.2 Å². The minimum absolute atomic E-state index is 0.360. The molecule has 2 nitrogen and oxygen atoms in total. The van der Waals surface area contributed by atoms with Gasteiger partial charge in [-0.25, -0.2) is 0 Å². The van der Waals surface area contributed by atoms with Gasteiger partial charge in [-0.2, -0.15) is 0 Å². The van der Waals surface area contributed by atoms with Gasteiger partial charge >= 0.3 is 0 Å². The molecule has 1 aliphatic carbocycles. The second kappa shape index (κ2) is 5.64. The Morgan fingerprint density at radius 1 is 1.60 bits per heavy atom. The first-order valence-electron chi connectivity index (χ1n) is 5.72. The van der Waals surface area contributed by atoms with Gasteiger partial charge in [0.25, 0.3) is 0 Å². The fraction of sp³-hybridized carbons (Fsp3) is 0.667. The van der Waals surface area contributed by atoms with Gasteiger partial charge in [-0.3, -0.25) is 0 Å². The zero-order valence-corrected chi connectivity index (χ0v) is 10.1. The lowest BCUT2D eigenvalue weighted by atomic mass is 10.3. The van der Waals surface area contributed by atoms with Crippen LogP contribution >= 0.6 is 11.3 Å². The van der Waals surface area contributed by atoms with Crippen LogP contribution in [0.4, 0.5) is 0 Å². The lowest BCUT2D eigenvalue weighted by Crippen LogP contribution is -2.22. The van der Waals surface area contributed by atoms with Crippen LogP contribution in [-0.4, -0.2) is 18.7 Å². The number of nitrogens with one attached hydrogen (secondary N) is 1. The van der Waals surface area contributed by atoms with Gasteiger partial charge in [0.1, 0.15) is 0 Å². The third-order valence-corrected chi connectivity index (χ3v) is 3.50. The van der Waals surface area contributed by atoms with Crippen molar-refractivity contribution in [2.75, 3.05) is 6.54 Å². The van der Waals surface area contributed by atoms with Gasteiger partial charge < -0.3 is 10.1 Å². The summed E-state index contributed by atoms with van der Waals surface area (Å²) >= 11 is 1.76. The van der Waals surface area contributed by atoms with Gasteiger partial charge in [0.2, 0.25) is 0 Å². The standard InChI is InChI=1S/C12H19NOS/c1-10(6-7-13-11-4-5-11)14-9-12-3-2-8-15-12/h2-3,8,10-11,13H,4-7,9H2,1H3. The van der Waals surface area contributed by atoms with Gasteiger partial charge in [0.15, 0.2) is 0 Å². The summed E-state index contributed by atoms with van der Waals surface area (Å²) in [6.45, 7) is 4.01. The van der Waals surface area contributed by atoms with E-state index in [1.165, 1.54) is 17.7 Å². The number of thiophene rings is 1. The minimum Gasteiger partial charge on any atom is -0.373 e. The van der Waals surface area contributed by atoms with E-state index in [1.54, 1.807) is 11.3 Å². The second-order valence-electron chi connectivity index (χ2n) is 4.22. The molecule has 0 spiro atoms. The zero-order chi connectivity index (χ0) is 10.5. The van der Waals surface area contributed by atoms with Crippen molar-refractivity contribution in [3.05, 3.63) is 22.4 Å². The van der Waals surface area contributed by atoms with Gasteiger partial charge in [0, 0.05) is 10.9 Å². The highest BCUT2D eigenvalue weighted by atomic mass is 32.1. The first-order chi connectivity index (χ1) is 7.34. The van der Waals surface area contributed by atoms with E-state index in [0.29, 0.717) is 6.10 Å². The third kappa shape index (κ3) is 4.33. The van der Waals surface area contributed by atoms with Gasteiger partial charge in [-0.1, -0.05) is 6.07 Å². The average Bonchev–Trinajstić information content (AvgIpc) is 2.91. The Bertz CT molecular complexity index is 269. The maximum absolute atomic E-state index is 5.76. The molecule has 1 heterocycles. The molecule has 3 heteroatoms. The summed E-state index contributed by atoms with van der Waals surface area (Å²) in [6.07, 6.45) is 4.20. The molecule has 0 aliphatic heterocycles.